The van der Waals surface area contributed by atoms with Gasteiger partial charge in [0.25, 0.3) is 5.91 Å². The monoisotopic (exact) mass is 382 g/mol. The molecule has 0 radical (unpaired) electrons. The SMILES string of the molecule is CCN(CC)C(=O)CN(C)C(=O)c1ccc(-c2cccc(C(F)(F)F)c2)o1. The van der Waals surface area contributed by atoms with Crippen LogP contribution in [0.1, 0.15) is 30.0 Å². The van der Waals surface area contributed by atoms with Gasteiger partial charge in [-0.05, 0) is 38.1 Å². The number of hydrogen-bond donors (Lipinski definition) is 0. The molecule has 0 aliphatic carbocycles. The van der Waals surface area contributed by atoms with E-state index < -0.39 is 17.6 Å². The van der Waals surface area contributed by atoms with Crippen molar-refractivity contribution in [2.75, 3.05) is 26.7 Å². The lowest BCUT2D eigenvalue weighted by Crippen LogP contribution is -2.40. The summed E-state index contributed by atoms with van der Waals surface area (Å²) in [7, 11) is 1.47. The highest BCUT2D eigenvalue weighted by atomic mass is 19.4. The topological polar surface area (TPSA) is 53.8 Å². The van der Waals surface area contributed by atoms with Crippen LogP contribution in [0.25, 0.3) is 11.3 Å². The van der Waals surface area contributed by atoms with Crippen LogP contribution in [0.15, 0.2) is 40.8 Å². The number of halogens is 3. The summed E-state index contributed by atoms with van der Waals surface area (Å²) in [5.41, 5.74) is -0.586. The van der Waals surface area contributed by atoms with Gasteiger partial charge in [0, 0.05) is 25.7 Å². The van der Waals surface area contributed by atoms with Gasteiger partial charge in [-0.15, -0.1) is 0 Å². The first kappa shape index (κ1) is 20.5. The van der Waals surface area contributed by atoms with Gasteiger partial charge in [-0.3, -0.25) is 9.59 Å². The van der Waals surface area contributed by atoms with Crippen LogP contribution < -0.4 is 0 Å². The van der Waals surface area contributed by atoms with Crippen LogP contribution in [0.5, 0.6) is 0 Å². The average Bonchev–Trinajstić information content (AvgIpc) is 3.11. The van der Waals surface area contributed by atoms with Crippen LogP contribution in [-0.2, 0) is 11.0 Å². The minimum atomic E-state index is -4.47. The number of benzene rings is 1. The molecule has 0 spiro atoms. The number of amides is 2. The number of nitrogens with zero attached hydrogens (tertiary/aromatic N) is 2. The fraction of sp³-hybridized carbons (Fsp3) is 0.368. The summed E-state index contributed by atoms with van der Waals surface area (Å²) in [5.74, 6) is -0.612. The van der Waals surface area contributed by atoms with Crippen molar-refractivity contribution in [2.45, 2.75) is 20.0 Å². The molecule has 146 valence electrons. The van der Waals surface area contributed by atoms with Crippen molar-refractivity contribution in [2.24, 2.45) is 0 Å². The Bertz CT molecular complexity index is 811. The van der Waals surface area contributed by atoms with Gasteiger partial charge in [-0.2, -0.15) is 13.2 Å². The van der Waals surface area contributed by atoms with E-state index in [1.165, 1.54) is 36.2 Å². The molecule has 1 heterocycles. The van der Waals surface area contributed by atoms with Gasteiger partial charge in [0.05, 0.1) is 12.1 Å². The molecule has 0 unspecified atom stereocenters. The Balaban J connectivity index is 2.15. The summed E-state index contributed by atoms with van der Waals surface area (Å²) in [6.45, 7) is 4.66. The molecule has 0 N–H and O–H groups in total. The minimum absolute atomic E-state index is 0.0442. The average molecular weight is 382 g/mol. The highest BCUT2D eigenvalue weighted by Gasteiger charge is 2.30. The molecule has 0 atom stereocenters. The van der Waals surface area contributed by atoms with Crippen molar-refractivity contribution in [3.8, 4) is 11.3 Å². The second-order valence-electron chi connectivity index (χ2n) is 5.97. The molecule has 2 aromatic rings. The molecule has 8 heteroatoms. The molecular weight excluding hydrogens is 361 g/mol. The second-order valence-corrected chi connectivity index (χ2v) is 5.97. The first-order valence-electron chi connectivity index (χ1n) is 8.48. The van der Waals surface area contributed by atoms with Crippen LogP contribution in [0.2, 0.25) is 0 Å². The summed E-state index contributed by atoms with van der Waals surface area (Å²) in [4.78, 5) is 27.4. The predicted octanol–water partition coefficient (Wildman–Crippen LogP) is 3.91. The molecule has 27 heavy (non-hydrogen) atoms. The zero-order valence-electron chi connectivity index (χ0n) is 15.3. The number of alkyl halides is 3. The Morgan fingerprint density at radius 2 is 1.74 bits per heavy atom. The molecule has 2 amide bonds. The van der Waals surface area contributed by atoms with E-state index in [0.717, 1.165) is 12.1 Å². The molecule has 0 saturated heterocycles. The lowest BCUT2D eigenvalue weighted by molar-refractivity contribution is -0.137. The number of carbonyl (C=O) groups is 2. The van der Waals surface area contributed by atoms with E-state index in [9.17, 15) is 22.8 Å². The summed E-state index contributed by atoms with van der Waals surface area (Å²) >= 11 is 0. The van der Waals surface area contributed by atoms with Gasteiger partial charge < -0.3 is 14.2 Å². The summed E-state index contributed by atoms with van der Waals surface area (Å²) in [6.07, 6.45) is -4.47. The van der Waals surface area contributed by atoms with E-state index in [-0.39, 0.29) is 29.5 Å². The van der Waals surface area contributed by atoms with E-state index in [1.54, 1.807) is 4.90 Å². The number of furan rings is 1. The third-order valence-corrected chi connectivity index (χ3v) is 4.13. The number of carbonyl (C=O) groups excluding carboxylic acids is 2. The molecular formula is C19H21F3N2O3. The van der Waals surface area contributed by atoms with Gasteiger partial charge in [-0.25, -0.2) is 0 Å². The lowest BCUT2D eigenvalue weighted by atomic mass is 10.1. The Kier molecular flexibility index (Phi) is 6.30. The fourth-order valence-electron chi connectivity index (χ4n) is 2.60. The molecule has 5 nitrogen and oxygen atoms in total. The maximum Gasteiger partial charge on any atom is 0.416 e. The van der Waals surface area contributed by atoms with E-state index in [2.05, 4.69) is 0 Å². The van der Waals surface area contributed by atoms with Crippen molar-refractivity contribution >= 4 is 11.8 Å². The van der Waals surface area contributed by atoms with Gasteiger partial charge in [0.15, 0.2) is 5.76 Å². The Morgan fingerprint density at radius 1 is 1.07 bits per heavy atom. The number of hydrogen-bond acceptors (Lipinski definition) is 3. The Morgan fingerprint density at radius 3 is 2.33 bits per heavy atom. The third kappa shape index (κ3) is 4.90. The molecule has 0 saturated carbocycles. The first-order chi connectivity index (χ1) is 12.7. The largest absolute Gasteiger partial charge is 0.451 e. The summed E-state index contributed by atoms with van der Waals surface area (Å²) in [5, 5.41) is 0. The predicted molar refractivity (Wildman–Crippen MR) is 94.0 cm³/mol. The van der Waals surface area contributed by atoms with Crippen molar-refractivity contribution in [1.29, 1.82) is 0 Å². The lowest BCUT2D eigenvalue weighted by Gasteiger charge is -2.22. The first-order valence-corrected chi connectivity index (χ1v) is 8.48. The van der Waals surface area contributed by atoms with Crippen molar-refractivity contribution in [3.05, 3.63) is 47.7 Å². The van der Waals surface area contributed by atoms with E-state index >= 15 is 0 Å². The molecule has 2 rings (SSSR count). The fourth-order valence-corrected chi connectivity index (χ4v) is 2.60. The molecule has 1 aromatic carbocycles. The van der Waals surface area contributed by atoms with E-state index in [4.69, 9.17) is 4.42 Å². The van der Waals surface area contributed by atoms with Crippen LogP contribution >= 0.6 is 0 Å². The molecule has 0 aliphatic heterocycles. The Hall–Kier alpha value is -2.77. The van der Waals surface area contributed by atoms with Gasteiger partial charge >= 0.3 is 6.18 Å². The zero-order chi connectivity index (χ0) is 20.2. The zero-order valence-corrected chi connectivity index (χ0v) is 15.3. The van der Waals surface area contributed by atoms with Gasteiger partial charge in [-0.1, -0.05) is 12.1 Å². The maximum atomic E-state index is 12.8. The minimum Gasteiger partial charge on any atom is -0.451 e. The molecule has 1 aromatic heterocycles. The molecule has 0 fully saturated rings. The van der Waals surface area contributed by atoms with Crippen molar-refractivity contribution in [1.82, 2.24) is 9.80 Å². The standard InChI is InChI=1S/C19H21F3N2O3/c1-4-24(5-2)17(25)12-23(3)18(26)16-10-9-15(27-16)13-7-6-8-14(11-13)19(20,21)22/h6-11H,4-5,12H2,1-3H3. The van der Waals surface area contributed by atoms with Gasteiger partial charge in [0.2, 0.25) is 5.91 Å². The normalized spacial score (nSPS) is 11.3. The molecule has 0 aliphatic rings. The number of likely N-dealkylation sites (N-methyl/N-ethyl adjacent to an activating group) is 2. The second kappa shape index (κ2) is 8.28. The van der Waals surface area contributed by atoms with Crippen LogP contribution in [0, 0.1) is 0 Å². The van der Waals surface area contributed by atoms with Crippen molar-refractivity contribution < 1.29 is 27.2 Å². The van der Waals surface area contributed by atoms with E-state index in [1.807, 2.05) is 13.8 Å². The highest BCUT2D eigenvalue weighted by molar-refractivity contribution is 5.94. The van der Waals surface area contributed by atoms with Crippen LogP contribution in [0.3, 0.4) is 0 Å². The highest BCUT2D eigenvalue weighted by Crippen LogP contribution is 2.32. The Labute approximate surface area is 155 Å². The van der Waals surface area contributed by atoms with Gasteiger partial charge in [0.1, 0.15) is 5.76 Å². The number of rotatable bonds is 6. The maximum absolute atomic E-state index is 12.8. The smallest absolute Gasteiger partial charge is 0.416 e. The third-order valence-electron chi connectivity index (χ3n) is 4.13. The van der Waals surface area contributed by atoms with Crippen molar-refractivity contribution in [3.63, 3.8) is 0 Å². The summed E-state index contributed by atoms with van der Waals surface area (Å²) < 4.78 is 44.0. The quantitative estimate of drug-likeness (QED) is 0.761. The van der Waals surface area contributed by atoms with E-state index in [0.29, 0.717) is 13.1 Å². The summed E-state index contributed by atoms with van der Waals surface area (Å²) in [6, 6.07) is 7.48. The molecule has 0 bridgehead atoms. The van der Waals surface area contributed by atoms with Crippen LogP contribution in [-0.4, -0.2) is 48.3 Å². The van der Waals surface area contributed by atoms with Crippen LogP contribution in [0.4, 0.5) is 13.2 Å².